The fraction of sp³-hybridized carbons (Fsp3) is 0.714. The standard InChI is InChI=1S/C14H22N4O2S/c1-10-9-21-14(16-10)18-6-4-17(5-7-18)13(19)12-3-2-11(8-15)20-12/h9,11-12H,2-8,15H2,1H3/t11-,12+/m1/s1. The van der Waals surface area contributed by atoms with Gasteiger partial charge in [-0.15, -0.1) is 11.3 Å². The van der Waals surface area contributed by atoms with Crippen molar-refractivity contribution < 1.29 is 9.53 Å². The maximum Gasteiger partial charge on any atom is 0.251 e. The van der Waals surface area contributed by atoms with E-state index in [4.69, 9.17) is 10.5 Å². The molecule has 1 aromatic heterocycles. The van der Waals surface area contributed by atoms with Crippen LogP contribution in [0.3, 0.4) is 0 Å². The van der Waals surface area contributed by atoms with E-state index in [-0.39, 0.29) is 18.1 Å². The third-order valence-corrected chi connectivity index (χ3v) is 5.13. The van der Waals surface area contributed by atoms with Gasteiger partial charge in [0.05, 0.1) is 11.8 Å². The number of thiazole rings is 1. The molecule has 0 aliphatic carbocycles. The van der Waals surface area contributed by atoms with Crippen LogP contribution in [0, 0.1) is 6.92 Å². The number of nitrogens with zero attached hydrogens (tertiary/aromatic N) is 3. The predicted molar refractivity (Wildman–Crippen MR) is 82.6 cm³/mol. The number of nitrogens with two attached hydrogens (primary N) is 1. The highest BCUT2D eigenvalue weighted by atomic mass is 32.1. The molecule has 1 amide bonds. The number of anilines is 1. The highest BCUT2D eigenvalue weighted by Gasteiger charge is 2.34. The van der Waals surface area contributed by atoms with E-state index >= 15 is 0 Å². The van der Waals surface area contributed by atoms with Crippen molar-refractivity contribution >= 4 is 22.4 Å². The Labute approximate surface area is 128 Å². The maximum absolute atomic E-state index is 12.4. The number of hydrogen-bond acceptors (Lipinski definition) is 6. The molecule has 2 aliphatic heterocycles. The van der Waals surface area contributed by atoms with Gasteiger partial charge in [-0.25, -0.2) is 4.98 Å². The van der Waals surface area contributed by atoms with E-state index in [9.17, 15) is 4.79 Å². The van der Waals surface area contributed by atoms with E-state index in [0.717, 1.165) is 49.8 Å². The van der Waals surface area contributed by atoms with Gasteiger partial charge < -0.3 is 20.3 Å². The predicted octanol–water partition coefficient (Wildman–Crippen LogP) is 0.606. The molecule has 0 spiro atoms. The van der Waals surface area contributed by atoms with Gasteiger partial charge in [0.15, 0.2) is 5.13 Å². The van der Waals surface area contributed by atoms with Crippen LogP contribution in [0.2, 0.25) is 0 Å². The molecule has 2 fully saturated rings. The molecule has 2 saturated heterocycles. The van der Waals surface area contributed by atoms with E-state index in [1.165, 1.54) is 0 Å². The average molecular weight is 310 g/mol. The lowest BCUT2D eigenvalue weighted by Gasteiger charge is -2.35. The number of aromatic nitrogens is 1. The van der Waals surface area contributed by atoms with Crippen LogP contribution in [-0.2, 0) is 9.53 Å². The Morgan fingerprint density at radius 1 is 1.43 bits per heavy atom. The van der Waals surface area contributed by atoms with E-state index in [1.807, 2.05) is 11.8 Å². The summed E-state index contributed by atoms with van der Waals surface area (Å²) < 4.78 is 5.70. The number of ether oxygens (including phenoxy) is 1. The summed E-state index contributed by atoms with van der Waals surface area (Å²) in [4.78, 5) is 21.1. The van der Waals surface area contributed by atoms with Crippen molar-refractivity contribution in [2.45, 2.75) is 32.0 Å². The molecule has 2 N–H and O–H groups in total. The van der Waals surface area contributed by atoms with Gasteiger partial charge in [-0.1, -0.05) is 0 Å². The molecule has 3 heterocycles. The lowest BCUT2D eigenvalue weighted by atomic mass is 10.1. The van der Waals surface area contributed by atoms with Crippen LogP contribution in [0.15, 0.2) is 5.38 Å². The second-order valence-corrected chi connectivity index (χ2v) is 6.48. The van der Waals surface area contributed by atoms with Gasteiger partial charge in [-0.05, 0) is 19.8 Å². The molecule has 2 atom stereocenters. The first-order valence-corrected chi connectivity index (χ1v) is 8.36. The minimum Gasteiger partial charge on any atom is -0.364 e. The zero-order valence-corrected chi connectivity index (χ0v) is 13.1. The molecule has 116 valence electrons. The van der Waals surface area contributed by atoms with Crippen molar-refractivity contribution in [2.75, 3.05) is 37.6 Å². The van der Waals surface area contributed by atoms with E-state index in [1.54, 1.807) is 11.3 Å². The van der Waals surface area contributed by atoms with Crippen molar-refractivity contribution in [3.05, 3.63) is 11.1 Å². The summed E-state index contributed by atoms with van der Waals surface area (Å²) in [5, 5.41) is 3.12. The van der Waals surface area contributed by atoms with E-state index in [2.05, 4.69) is 15.3 Å². The smallest absolute Gasteiger partial charge is 0.251 e. The van der Waals surface area contributed by atoms with Crippen LogP contribution in [0.1, 0.15) is 18.5 Å². The van der Waals surface area contributed by atoms with Crippen molar-refractivity contribution in [3.8, 4) is 0 Å². The number of carbonyl (C=O) groups excluding carboxylic acids is 1. The van der Waals surface area contributed by atoms with Gasteiger partial charge in [-0.2, -0.15) is 0 Å². The molecule has 3 rings (SSSR count). The van der Waals surface area contributed by atoms with Crippen LogP contribution >= 0.6 is 11.3 Å². The van der Waals surface area contributed by atoms with Gasteiger partial charge in [0.25, 0.3) is 5.91 Å². The number of carbonyl (C=O) groups is 1. The van der Waals surface area contributed by atoms with Gasteiger partial charge in [0, 0.05) is 38.1 Å². The number of amides is 1. The summed E-state index contributed by atoms with van der Waals surface area (Å²) in [5.41, 5.74) is 6.65. The van der Waals surface area contributed by atoms with Crippen LogP contribution in [-0.4, -0.2) is 60.7 Å². The fourth-order valence-electron chi connectivity index (χ4n) is 2.87. The Hall–Kier alpha value is -1.18. The van der Waals surface area contributed by atoms with Gasteiger partial charge >= 0.3 is 0 Å². The summed E-state index contributed by atoms with van der Waals surface area (Å²) in [5.74, 6) is 0.126. The molecule has 0 bridgehead atoms. The first-order chi connectivity index (χ1) is 10.2. The van der Waals surface area contributed by atoms with Crippen molar-refractivity contribution in [1.29, 1.82) is 0 Å². The molecule has 0 aromatic carbocycles. The Kier molecular flexibility index (Phi) is 4.42. The molecule has 0 radical (unpaired) electrons. The van der Waals surface area contributed by atoms with E-state index in [0.29, 0.717) is 6.54 Å². The van der Waals surface area contributed by atoms with Crippen molar-refractivity contribution in [2.24, 2.45) is 5.73 Å². The number of hydrogen-bond donors (Lipinski definition) is 1. The highest BCUT2D eigenvalue weighted by molar-refractivity contribution is 7.13. The quantitative estimate of drug-likeness (QED) is 0.885. The summed E-state index contributed by atoms with van der Waals surface area (Å²) in [6.07, 6.45) is 1.46. The first kappa shape index (κ1) is 14.7. The third-order valence-electron chi connectivity index (χ3n) is 4.11. The summed E-state index contributed by atoms with van der Waals surface area (Å²) in [7, 11) is 0. The Bertz CT molecular complexity index is 499. The molecule has 2 aliphatic rings. The fourth-order valence-corrected chi connectivity index (χ4v) is 3.73. The van der Waals surface area contributed by atoms with Gasteiger partial charge in [0.1, 0.15) is 6.10 Å². The van der Waals surface area contributed by atoms with Crippen molar-refractivity contribution in [3.63, 3.8) is 0 Å². The van der Waals surface area contributed by atoms with Crippen molar-refractivity contribution in [1.82, 2.24) is 9.88 Å². The molecule has 7 heteroatoms. The average Bonchev–Trinajstić information content (AvgIpc) is 3.15. The van der Waals surface area contributed by atoms with Crippen LogP contribution < -0.4 is 10.6 Å². The maximum atomic E-state index is 12.4. The molecule has 0 unspecified atom stereocenters. The van der Waals surface area contributed by atoms with Crippen LogP contribution in [0.5, 0.6) is 0 Å². The monoisotopic (exact) mass is 310 g/mol. The summed E-state index contributed by atoms with van der Waals surface area (Å²) >= 11 is 1.67. The zero-order chi connectivity index (χ0) is 14.8. The Morgan fingerprint density at radius 2 is 2.19 bits per heavy atom. The Morgan fingerprint density at radius 3 is 2.76 bits per heavy atom. The lowest BCUT2D eigenvalue weighted by molar-refractivity contribution is -0.143. The number of aryl methyl sites for hydroxylation is 1. The largest absolute Gasteiger partial charge is 0.364 e. The summed E-state index contributed by atoms with van der Waals surface area (Å²) in [6, 6.07) is 0. The summed E-state index contributed by atoms with van der Waals surface area (Å²) in [6.45, 7) is 5.67. The second-order valence-electron chi connectivity index (χ2n) is 5.64. The molecular weight excluding hydrogens is 288 g/mol. The topological polar surface area (TPSA) is 71.7 Å². The third kappa shape index (κ3) is 3.20. The molecule has 0 saturated carbocycles. The highest BCUT2D eigenvalue weighted by Crippen LogP contribution is 2.24. The molecule has 6 nitrogen and oxygen atoms in total. The molecule has 21 heavy (non-hydrogen) atoms. The number of rotatable bonds is 3. The zero-order valence-electron chi connectivity index (χ0n) is 12.3. The minimum absolute atomic E-state index is 0.0542. The minimum atomic E-state index is -0.285. The molecule has 1 aromatic rings. The van der Waals surface area contributed by atoms with Gasteiger partial charge in [0.2, 0.25) is 0 Å². The number of piperazine rings is 1. The SMILES string of the molecule is Cc1csc(N2CCN(C(=O)[C@@H]3CC[C@H](CN)O3)CC2)n1. The Balaban J connectivity index is 1.52. The van der Waals surface area contributed by atoms with E-state index < -0.39 is 0 Å². The van der Waals surface area contributed by atoms with Crippen LogP contribution in [0.4, 0.5) is 5.13 Å². The second kappa shape index (κ2) is 6.29. The molecular formula is C14H22N4O2S. The normalized spacial score (nSPS) is 26.4. The van der Waals surface area contributed by atoms with Gasteiger partial charge in [-0.3, -0.25) is 4.79 Å². The first-order valence-electron chi connectivity index (χ1n) is 7.49. The lowest BCUT2D eigenvalue weighted by Crippen LogP contribution is -2.51. The van der Waals surface area contributed by atoms with Crippen LogP contribution in [0.25, 0.3) is 0 Å².